The van der Waals surface area contributed by atoms with Crippen molar-refractivity contribution >= 4 is 24.8 Å². The second-order valence-electron chi connectivity index (χ2n) is 4.77. The normalized spacial score (nSPS) is 17.0. The Morgan fingerprint density at radius 2 is 1.86 bits per heavy atom. The van der Waals surface area contributed by atoms with Gasteiger partial charge in [0.25, 0.3) is 6.43 Å². The van der Waals surface area contributed by atoms with E-state index < -0.39 is 12.5 Å². The number of para-hydroxylation sites is 1. The summed E-state index contributed by atoms with van der Waals surface area (Å²) >= 11 is 0. The number of halogens is 4. The lowest BCUT2D eigenvalue weighted by atomic mass is 9.99. The molecule has 7 heteroatoms. The predicted octanol–water partition coefficient (Wildman–Crippen LogP) is 3.01. The zero-order valence-corrected chi connectivity index (χ0v) is 13.5. The van der Waals surface area contributed by atoms with E-state index in [-0.39, 0.29) is 30.6 Å². The minimum absolute atomic E-state index is 0. The highest BCUT2D eigenvalue weighted by Gasteiger charge is 2.32. The molecule has 3 nitrogen and oxygen atoms in total. The van der Waals surface area contributed by atoms with E-state index in [1.54, 1.807) is 23.1 Å². The predicted molar refractivity (Wildman–Crippen MR) is 85.2 cm³/mol. The fourth-order valence-electron chi connectivity index (χ4n) is 2.59. The van der Waals surface area contributed by atoms with E-state index in [2.05, 4.69) is 5.32 Å². The maximum absolute atomic E-state index is 13.4. The number of benzene rings is 1. The highest BCUT2D eigenvalue weighted by atomic mass is 35.5. The lowest BCUT2D eigenvalue weighted by molar-refractivity contribution is 0.0170. The van der Waals surface area contributed by atoms with E-state index >= 15 is 0 Å². The van der Waals surface area contributed by atoms with E-state index in [1.807, 2.05) is 6.92 Å². The largest absolute Gasteiger partial charge is 0.507 e. The average Bonchev–Trinajstić information content (AvgIpc) is 2.42. The summed E-state index contributed by atoms with van der Waals surface area (Å²) < 4.78 is 26.8. The van der Waals surface area contributed by atoms with Crippen molar-refractivity contribution in [3.8, 4) is 5.75 Å². The van der Waals surface area contributed by atoms with Crippen molar-refractivity contribution in [1.82, 2.24) is 10.2 Å². The van der Waals surface area contributed by atoms with Crippen molar-refractivity contribution in [1.29, 1.82) is 0 Å². The van der Waals surface area contributed by atoms with Gasteiger partial charge in [-0.05, 0) is 12.0 Å². The second-order valence-corrected chi connectivity index (χ2v) is 4.77. The highest BCUT2D eigenvalue weighted by molar-refractivity contribution is 5.85. The van der Waals surface area contributed by atoms with Crippen LogP contribution in [-0.4, -0.2) is 42.6 Å². The molecule has 0 amide bonds. The molecule has 1 saturated heterocycles. The van der Waals surface area contributed by atoms with Crippen LogP contribution in [0.5, 0.6) is 5.75 Å². The standard InChI is InChI=1S/C14H20F2N2O.2ClH/c1-2-10-4-3-5-11(13(10)19)12(14(15)16)18-8-6-17-7-9-18;;/h3-5,12,14,17,19H,2,6-9H2,1H3;2*1H/t12-;;/m1../s1. The smallest absolute Gasteiger partial charge is 0.258 e. The van der Waals surface area contributed by atoms with Gasteiger partial charge >= 0.3 is 0 Å². The van der Waals surface area contributed by atoms with Gasteiger partial charge in [0.15, 0.2) is 0 Å². The molecule has 1 fully saturated rings. The van der Waals surface area contributed by atoms with Crippen LogP contribution in [0.4, 0.5) is 8.78 Å². The first-order chi connectivity index (χ1) is 9.15. The molecule has 0 aliphatic carbocycles. The molecule has 0 spiro atoms. The van der Waals surface area contributed by atoms with Crippen LogP contribution in [-0.2, 0) is 6.42 Å². The molecule has 0 radical (unpaired) electrons. The molecule has 21 heavy (non-hydrogen) atoms. The Morgan fingerprint density at radius 3 is 2.38 bits per heavy atom. The molecule has 2 rings (SSSR count). The van der Waals surface area contributed by atoms with Gasteiger partial charge in [0, 0.05) is 31.7 Å². The van der Waals surface area contributed by atoms with Gasteiger partial charge in [-0.1, -0.05) is 25.1 Å². The highest BCUT2D eigenvalue weighted by Crippen LogP contribution is 2.35. The van der Waals surface area contributed by atoms with Gasteiger partial charge in [0.05, 0.1) is 6.04 Å². The van der Waals surface area contributed by atoms with Crippen LogP contribution in [0.1, 0.15) is 24.1 Å². The topological polar surface area (TPSA) is 35.5 Å². The lowest BCUT2D eigenvalue weighted by Crippen LogP contribution is -2.46. The van der Waals surface area contributed by atoms with E-state index in [1.165, 1.54) is 0 Å². The number of hydrogen-bond donors (Lipinski definition) is 2. The number of nitrogens with one attached hydrogen (secondary N) is 1. The van der Waals surface area contributed by atoms with Crippen LogP contribution in [0.15, 0.2) is 18.2 Å². The fraction of sp³-hybridized carbons (Fsp3) is 0.571. The summed E-state index contributed by atoms with van der Waals surface area (Å²) in [6, 6.07) is 4.10. The second kappa shape index (κ2) is 9.41. The average molecular weight is 343 g/mol. The quantitative estimate of drug-likeness (QED) is 0.882. The Kier molecular flexibility index (Phi) is 9.13. The van der Waals surface area contributed by atoms with Crippen LogP contribution in [0.3, 0.4) is 0 Å². The summed E-state index contributed by atoms with van der Waals surface area (Å²) in [7, 11) is 0. The third kappa shape index (κ3) is 4.68. The zero-order valence-electron chi connectivity index (χ0n) is 11.9. The Bertz CT molecular complexity index is 429. The summed E-state index contributed by atoms with van der Waals surface area (Å²) in [6.45, 7) is 4.46. The summed E-state index contributed by atoms with van der Waals surface area (Å²) in [6.07, 6.45) is -1.87. The molecule has 1 heterocycles. The maximum atomic E-state index is 13.4. The number of nitrogens with zero attached hydrogens (tertiary/aromatic N) is 1. The number of alkyl halides is 2. The molecule has 1 aromatic rings. The molecular formula is C14H22Cl2F2N2O. The Hall–Kier alpha value is -0.620. The van der Waals surface area contributed by atoms with Gasteiger partial charge in [-0.15, -0.1) is 24.8 Å². The van der Waals surface area contributed by atoms with Crippen LogP contribution in [0, 0.1) is 0 Å². The molecule has 1 atom stereocenters. The molecule has 2 N–H and O–H groups in total. The summed E-state index contributed by atoms with van der Waals surface area (Å²) in [5, 5.41) is 13.3. The first kappa shape index (κ1) is 20.4. The number of phenols is 1. The first-order valence-electron chi connectivity index (χ1n) is 6.68. The Balaban J connectivity index is 0.00000200. The van der Waals surface area contributed by atoms with Gasteiger partial charge in [0.1, 0.15) is 5.75 Å². The third-order valence-electron chi connectivity index (χ3n) is 3.63. The monoisotopic (exact) mass is 342 g/mol. The van der Waals surface area contributed by atoms with Gasteiger partial charge in [-0.2, -0.15) is 0 Å². The fourth-order valence-corrected chi connectivity index (χ4v) is 2.59. The van der Waals surface area contributed by atoms with Crippen LogP contribution >= 0.6 is 24.8 Å². The summed E-state index contributed by atoms with van der Waals surface area (Å²) in [5.74, 6) is 0.0221. The molecule has 0 unspecified atom stereocenters. The van der Waals surface area contributed by atoms with E-state index in [0.717, 1.165) is 5.56 Å². The number of piperazine rings is 1. The van der Waals surface area contributed by atoms with Crippen molar-refractivity contribution in [2.24, 2.45) is 0 Å². The van der Waals surface area contributed by atoms with Crippen molar-refractivity contribution in [2.45, 2.75) is 25.8 Å². The SMILES string of the molecule is CCc1cccc([C@H](C(F)F)N2CCNCC2)c1O.Cl.Cl. The van der Waals surface area contributed by atoms with Gasteiger partial charge in [-0.3, -0.25) is 4.90 Å². The molecule has 0 aromatic heterocycles. The van der Waals surface area contributed by atoms with Crippen molar-refractivity contribution in [3.63, 3.8) is 0 Å². The van der Waals surface area contributed by atoms with Crippen LogP contribution in [0.2, 0.25) is 0 Å². The molecule has 1 aromatic carbocycles. The summed E-state index contributed by atoms with van der Waals surface area (Å²) in [5.41, 5.74) is 1.06. The summed E-state index contributed by atoms with van der Waals surface area (Å²) in [4.78, 5) is 1.75. The molecule has 0 bridgehead atoms. The maximum Gasteiger partial charge on any atom is 0.258 e. The number of aryl methyl sites for hydroxylation is 1. The van der Waals surface area contributed by atoms with Crippen LogP contribution < -0.4 is 5.32 Å². The zero-order chi connectivity index (χ0) is 13.8. The van der Waals surface area contributed by atoms with Gasteiger partial charge < -0.3 is 10.4 Å². The number of aromatic hydroxyl groups is 1. The first-order valence-corrected chi connectivity index (χ1v) is 6.68. The van der Waals surface area contributed by atoms with E-state index in [4.69, 9.17) is 0 Å². The van der Waals surface area contributed by atoms with E-state index in [0.29, 0.717) is 38.2 Å². The lowest BCUT2D eigenvalue weighted by Gasteiger charge is -2.35. The van der Waals surface area contributed by atoms with Crippen LogP contribution in [0.25, 0.3) is 0 Å². The van der Waals surface area contributed by atoms with Gasteiger partial charge in [-0.25, -0.2) is 8.78 Å². The van der Waals surface area contributed by atoms with E-state index in [9.17, 15) is 13.9 Å². The molecule has 0 saturated carbocycles. The Morgan fingerprint density at radius 1 is 1.24 bits per heavy atom. The van der Waals surface area contributed by atoms with Gasteiger partial charge in [0.2, 0.25) is 0 Å². The van der Waals surface area contributed by atoms with Crippen molar-refractivity contribution < 1.29 is 13.9 Å². The molecular weight excluding hydrogens is 321 g/mol. The molecule has 1 aliphatic heterocycles. The third-order valence-corrected chi connectivity index (χ3v) is 3.63. The Labute approximate surface area is 136 Å². The number of phenolic OH excluding ortho intramolecular Hbond substituents is 1. The number of hydrogen-bond acceptors (Lipinski definition) is 3. The number of rotatable bonds is 4. The minimum atomic E-state index is -2.50. The van der Waals surface area contributed by atoms with Crippen molar-refractivity contribution in [3.05, 3.63) is 29.3 Å². The molecule has 1 aliphatic rings. The van der Waals surface area contributed by atoms with Crippen molar-refractivity contribution in [2.75, 3.05) is 26.2 Å². The minimum Gasteiger partial charge on any atom is -0.507 e. The molecule has 122 valence electrons.